The Kier molecular flexibility index (Phi) is 5.75. The van der Waals surface area contributed by atoms with Crippen molar-refractivity contribution in [3.8, 4) is 0 Å². The first kappa shape index (κ1) is 21.4. The molecule has 6 nitrogen and oxygen atoms in total. The fraction of sp³-hybridized carbons (Fsp3) is 0.636. The lowest BCUT2D eigenvalue weighted by molar-refractivity contribution is 0.0243. The topological polar surface area (TPSA) is 114 Å². The van der Waals surface area contributed by atoms with E-state index in [1.54, 1.807) is 6.08 Å². The summed E-state index contributed by atoms with van der Waals surface area (Å²) in [6.07, 6.45) is 5.21. The van der Waals surface area contributed by atoms with Crippen molar-refractivity contribution in [1.82, 2.24) is 0 Å². The minimum absolute atomic E-state index is 0.0805. The zero-order valence-corrected chi connectivity index (χ0v) is 16.9. The number of aliphatic hydroxyl groups excluding tert-OH is 5. The average Bonchev–Trinajstić information content (AvgIpc) is 3.39. The fourth-order valence-corrected chi connectivity index (χ4v) is 4.53. The molecule has 0 spiro atoms. The van der Waals surface area contributed by atoms with Gasteiger partial charge in [-0.3, -0.25) is 0 Å². The summed E-state index contributed by atoms with van der Waals surface area (Å²) in [5.74, 6) is 0.0805. The van der Waals surface area contributed by atoms with E-state index in [-0.39, 0.29) is 17.9 Å². The van der Waals surface area contributed by atoms with Gasteiger partial charge in [0.1, 0.15) is 24.4 Å². The fourth-order valence-electron chi connectivity index (χ4n) is 4.53. The highest BCUT2D eigenvalue weighted by Crippen LogP contribution is 2.50. The molecule has 1 fully saturated rings. The second-order valence-electron chi connectivity index (χ2n) is 8.89. The van der Waals surface area contributed by atoms with E-state index in [4.69, 9.17) is 4.74 Å². The molecule has 0 amide bonds. The zero-order chi connectivity index (χ0) is 20.9. The second-order valence-corrected chi connectivity index (χ2v) is 8.89. The van der Waals surface area contributed by atoms with E-state index in [0.29, 0.717) is 12.0 Å². The highest BCUT2D eigenvalue weighted by Gasteiger charge is 2.69. The molecule has 0 bridgehead atoms. The maximum Gasteiger partial charge on any atom is 0.156 e. The van der Waals surface area contributed by atoms with Crippen LogP contribution in [0.25, 0.3) is 0 Å². The van der Waals surface area contributed by atoms with Crippen molar-refractivity contribution in [2.45, 2.75) is 70.2 Å². The lowest BCUT2D eigenvalue weighted by Crippen LogP contribution is -2.48. The maximum absolute atomic E-state index is 10.7. The third-order valence-corrected chi connectivity index (χ3v) is 6.65. The van der Waals surface area contributed by atoms with Crippen LogP contribution in [0.1, 0.15) is 34.1 Å². The lowest BCUT2D eigenvalue weighted by atomic mass is 9.67. The molecule has 0 aromatic carbocycles. The number of hydrogen-bond donors (Lipinski definition) is 5. The molecule has 0 aromatic heterocycles. The molecule has 0 unspecified atom stereocenters. The molecule has 1 saturated heterocycles. The van der Waals surface area contributed by atoms with Gasteiger partial charge >= 0.3 is 0 Å². The number of hydrogen-bond acceptors (Lipinski definition) is 6. The first-order chi connectivity index (χ1) is 13.1. The van der Waals surface area contributed by atoms with E-state index in [0.717, 1.165) is 5.57 Å². The van der Waals surface area contributed by atoms with Gasteiger partial charge in [0.05, 0.1) is 12.7 Å². The van der Waals surface area contributed by atoms with Gasteiger partial charge in [-0.25, -0.2) is 0 Å². The van der Waals surface area contributed by atoms with E-state index in [1.807, 2.05) is 32.9 Å². The summed E-state index contributed by atoms with van der Waals surface area (Å²) in [6, 6.07) is 0. The predicted octanol–water partition coefficient (Wildman–Crippen LogP) is 0.995. The van der Waals surface area contributed by atoms with Crippen molar-refractivity contribution in [1.29, 1.82) is 0 Å². The number of fused-ring (bicyclic) bond motifs is 1. The summed E-state index contributed by atoms with van der Waals surface area (Å²) in [5.41, 5.74) is 0.740. The van der Waals surface area contributed by atoms with E-state index in [2.05, 4.69) is 13.0 Å². The van der Waals surface area contributed by atoms with E-state index < -0.39 is 36.1 Å². The summed E-state index contributed by atoms with van der Waals surface area (Å²) < 4.78 is 5.52. The lowest BCUT2D eigenvalue weighted by Gasteiger charge is -2.40. The van der Waals surface area contributed by atoms with Crippen LogP contribution < -0.4 is 0 Å². The molecular formula is C22H32O6. The van der Waals surface area contributed by atoms with Gasteiger partial charge in [-0.2, -0.15) is 0 Å². The SMILES string of the molecule is CC1=CC[C@@H](O)C(C)(C)[C@H]1/C=C/C(C)=C\[C@H](O)[C@]12O[C@H]1[C@H](O)C(CO)=C[C@@H]2O. The molecule has 6 heteroatoms. The van der Waals surface area contributed by atoms with Crippen LogP contribution in [0.5, 0.6) is 0 Å². The van der Waals surface area contributed by atoms with E-state index >= 15 is 0 Å². The Balaban J connectivity index is 1.76. The van der Waals surface area contributed by atoms with Gasteiger partial charge in [0.2, 0.25) is 0 Å². The molecule has 1 aliphatic heterocycles. The molecule has 3 aliphatic rings. The van der Waals surface area contributed by atoms with Gasteiger partial charge in [0.15, 0.2) is 5.60 Å². The summed E-state index contributed by atoms with van der Waals surface area (Å²) in [5, 5.41) is 50.8. The van der Waals surface area contributed by atoms with Crippen LogP contribution in [0, 0.1) is 11.3 Å². The average molecular weight is 392 g/mol. The van der Waals surface area contributed by atoms with Crippen LogP contribution in [0.15, 0.2) is 47.1 Å². The largest absolute Gasteiger partial charge is 0.392 e. The predicted molar refractivity (Wildman–Crippen MR) is 105 cm³/mol. The van der Waals surface area contributed by atoms with Crippen molar-refractivity contribution in [3.05, 3.63) is 47.1 Å². The second kappa shape index (κ2) is 7.52. The van der Waals surface area contributed by atoms with E-state index in [9.17, 15) is 25.5 Å². The van der Waals surface area contributed by atoms with Gasteiger partial charge in [-0.15, -0.1) is 0 Å². The smallest absolute Gasteiger partial charge is 0.156 e. The molecule has 28 heavy (non-hydrogen) atoms. The zero-order valence-electron chi connectivity index (χ0n) is 16.9. The van der Waals surface area contributed by atoms with Crippen LogP contribution in [0.2, 0.25) is 0 Å². The summed E-state index contributed by atoms with van der Waals surface area (Å²) in [7, 11) is 0. The summed E-state index contributed by atoms with van der Waals surface area (Å²) >= 11 is 0. The Morgan fingerprint density at radius 3 is 2.64 bits per heavy atom. The normalized spacial score (nSPS) is 41.3. The summed E-state index contributed by atoms with van der Waals surface area (Å²) in [4.78, 5) is 0. The Morgan fingerprint density at radius 1 is 1.32 bits per heavy atom. The molecule has 0 radical (unpaired) electrons. The van der Waals surface area contributed by atoms with Crippen molar-refractivity contribution >= 4 is 0 Å². The van der Waals surface area contributed by atoms with E-state index in [1.165, 1.54) is 11.6 Å². The standard InChI is InChI=1S/C22H32O6/c1-12(5-7-15-13(2)6-8-16(24)21(15,3)4)9-17(25)22-18(26)10-14(11-23)19(27)20(22)28-22/h5-7,9-10,15-20,23-27H,8,11H2,1-4H3/b7-5+,12-9-/t15-,16+,17-,18-,19+,20-,22+/m0/s1. The minimum Gasteiger partial charge on any atom is -0.392 e. The molecule has 156 valence electrons. The Bertz CT molecular complexity index is 733. The number of ether oxygens (including phenoxy) is 1. The van der Waals surface area contributed by atoms with Crippen molar-refractivity contribution in [3.63, 3.8) is 0 Å². The molecule has 5 N–H and O–H groups in total. The van der Waals surface area contributed by atoms with Crippen molar-refractivity contribution in [2.75, 3.05) is 6.61 Å². The molecule has 2 aliphatic carbocycles. The van der Waals surface area contributed by atoms with Gasteiger partial charge < -0.3 is 30.3 Å². The number of epoxide rings is 1. The third kappa shape index (κ3) is 3.43. The first-order valence-electron chi connectivity index (χ1n) is 9.80. The quantitative estimate of drug-likeness (QED) is 0.271. The first-order valence-corrected chi connectivity index (χ1v) is 9.80. The van der Waals surface area contributed by atoms with Crippen molar-refractivity contribution in [2.24, 2.45) is 11.3 Å². The molecule has 7 atom stereocenters. The highest BCUT2D eigenvalue weighted by atomic mass is 16.6. The highest BCUT2D eigenvalue weighted by molar-refractivity contribution is 5.36. The summed E-state index contributed by atoms with van der Waals surface area (Å²) in [6.45, 7) is 7.63. The molecule has 1 heterocycles. The maximum atomic E-state index is 10.7. The Hall–Kier alpha value is -1.28. The van der Waals surface area contributed by atoms with Crippen LogP contribution in [-0.2, 0) is 4.74 Å². The molecule has 0 saturated carbocycles. The monoisotopic (exact) mass is 392 g/mol. The van der Waals surface area contributed by atoms with Gasteiger partial charge in [0, 0.05) is 11.3 Å². The third-order valence-electron chi connectivity index (χ3n) is 6.65. The van der Waals surface area contributed by atoms with Gasteiger partial charge in [-0.05, 0) is 31.9 Å². The van der Waals surface area contributed by atoms with Gasteiger partial charge in [0.25, 0.3) is 0 Å². The number of rotatable bonds is 5. The molecule has 3 rings (SSSR count). The van der Waals surface area contributed by atoms with Crippen LogP contribution in [-0.4, -0.2) is 68.3 Å². The minimum atomic E-state index is -1.27. The van der Waals surface area contributed by atoms with Crippen LogP contribution >= 0.6 is 0 Å². The van der Waals surface area contributed by atoms with Crippen LogP contribution in [0.4, 0.5) is 0 Å². The number of aliphatic hydroxyl groups is 5. The molecule has 0 aromatic rings. The molecular weight excluding hydrogens is 360 g/mol. The van der Waals surface area contributed by atoms with Gasteiger partial charge in [-0.1, -0.05) is 49.3 Å². The Morgan fingerprint density at radius 2 is 2.00 bits per heavy atom. The van der Waals surface area contributed by atoms with Crippen molar-refractivity contribution < 1.29 is 30.3 Å². The Labute approximate surface area is 166 Å². The number of allylic oxidation sites excluding steroid dienone is 4. The van der Waals surface area contributed by atoms with Crippen LogP contribution in [0.3, 0.4) is 0 Å².